The number of fused-ring (bicyclic) bond motifs is 1. The van der Waals surface area contributed by atoms with Crippen LogP contribution in [0.25, 0.3) is 0 Å². The summed E-state index contributed by atoms with van der Waals surface area (Å²) in [7, 11) is 0. The number of rotatable bonds is 6. The Morgan fingerprint density at radius 2 is 1.97 bits per heavy atom. The van der Waals surface area contributed by atoms with Crippen molar-refractivity contribution in [2.75, 3.05) is 50.7 Å². The van der Waals surface area contributed by atoms with Gasteiger partial charge in [0.15, 0.2) is 0 Å². The number of benzene rings is 1. The van der Waals surface area contributed by atoms with E-state index < -0.39 is 17.5 Å². The lowest BCUT2D eigenvalue weighted by molar-refractivity contribution is -0.120. The number of carbonyl (C=O) groups excluding carboxylic acids is 1. The third-order valence-corrected chi connectivity index (χ3v) is 7.96. The Hall–Kier alpha value is -2.49. The number of anilines is 1. The van der Waals surface area contributed by atoms with E-state index in [1.807, 2.05) is 13.8 Å². The molecule has 2 fully saturated rings. The SMILES string of the molecule is C[C@@H]1CN(CC(=O)N2CC(C)(C)c3cnc(C(F)(F)c4ccccc4)cc32)[C@@H](CN2CC[C@@H](F)C2)CN1. The number of carbonyl (C=O) groups is 1. The summed E-state index contributed by atoms with van der Waals surface area (Å²) in [6, 6.07) is 9.32. The number of pyridine rings is 1. The zero-order valence-corrected chi connectivity index (χ0v) is 21.8. The molecule has 1 aromatic heterocycles. The van der Waals surface area contributed by atoms with Crippen LogP contribution in [0.2, 0.25) is 0 Å². The molecule has 1 N–H and O–H groups in total. The first kappa shape index (κ1) is 26.1. The molecule has 2 aromatic rings. The molecule has 2 saturated heterocycles. The molecule has 0 aliphatic carbocycles. The minimum atomic E-state index is -3.28. The Bertz CT molecular complexity index is 1130. The topological polar surface area (TPSA) is 51.7 Å². The van der Waals surface area contributed by atoms with Crippen LogP contribution in [-0.2, 0) is 16.1 Å². The van der Waals surface area contributed by atoms with E-state index in [0.717, 1.165) is 18.7 Å². The van der Waals surface area contributed by atoms with Crippen molar-refractivity contribution < 1.29 is 18.0 Å². The fourth-order valence-electron chi connectivity index (χ4n) is 5.86. The Morgan fingerprint density at radius 1 is 1.22 bits per heavy atom. The summed E-state index contributed by atoms with van der Waals surface area (Å²) < 4.78 is 44.5. The average Bonchev–Trinajstić information content (AvgIpc) is 3.40. The number of piperazine rings is 1. The van der Waals surface area contributed by atoms with Gasteiger partial charge in [-0.2, -0.15) is 8.78 Å². The molecule has 0 saturated carbocycles. The summed E-state index contributed by atoms with van der Waals surface area (Å²) in [6.45, 7) is 9.98. The molecule has 1 amide bonds. The van der Waals surface area contributed by atoms with Crippen molar-refractivity contribution in [3.05, 3.63) is 59.4 Å². The minimum Gasteiger partial charge on any atom is -0.311 e. The number of alkyl halides is 3. The van der Waals surface area contributed by atoms with Gasteiger partial charge in [0, 0.05) is 74.1 Å². The number of aromatic nitrogens is 1. The van der Waals surface area contributed by atoms with E-state index in [0.29, 0.717) is 38.3 Å². The molecule has 9 heteroatoms. The normalized spacial score (nSPS) is 26.4. The first-order chi connectivity index (χ1) is 17.5. The zero-order valence-electron chi connectivity index (χ0n) is 21.8. The van der Waals surface area contributed by atoms with E-state index in [9.17, 15) is 9.18 Å². The van der Waals surface area contributed by atoms with Crippen LogP contribution in [0.4, 0.5) is 18.9 Å². The monoisotopic (exact) mass is 515 g/mol. The number of halogens is 3. The maximum atomic E-state index is 15.4. The minimum absolute atomic E-state index is 0.0796. The second-order valence-electron chi connectivity index (χ2n) is 11.4. The second kappa shape index (κ2) is 10.0. The predicted molar refractivity (Wildman–Crippen MR) is 138 cm³/mol. The van der Waals surface area contributed by atoms with Gasteiger partial charge < -0.3 is 10.2 Å². The molecular formula is C28H36F3N5O. The maximum absolute atomic E-state index is 15.4. The maximum Gasteiger partial charge on any atom is 0.314 e. The molecule has 200 valence electrons. The first-order valence-electron chi connectivity index (χ1n) is 13.1. The second-order valence-corrected chi connectivity index (χ2v) is 11.4. The van der Waals surface area contributed by atoms with E-state index in [4.69, 9.17) is 0 Å². The van der Waals surface area contributed by atoms with Crippen LogP contribution in [0.3, 0.4) is 0 Å². The largest absolute Gasteiger partial charge is 0.314 e. The van der Waals surface area contributed by atoms with Gasteiger partial charge in [-0.05, 0) is 19.4 Å². The van der Waals surface area contributed by atoms with Crippen LogP contribution in [-0.4, -0.2) is 84.8 Å². The van der Waals surface area contributed by atoms with Crippen LogP contribution in [0, 0.1) is 0 Å². The highest BCUT2D eigenvalue weighted by Crippen LogP contribution is 2.43. The Balaban J connectivity index is 1.38. The summed E-state index contributed by atoms with van der Waals surface area (Å²) >= 11 is 0. The molecule has 3 aliphatic heterocycles. The van der Waals surface area contributed by atoms with Crippen molar-refractivity contribution in [2.45, 2.75) is 56.8 Å². The quantitative estimate of drug-likeness (QED) is 0.638. The number of nitrogens with one attached hydrogen (secondary N) is 1. The van der Waals surface area contributed by atoms with E-state index in [-0.39, 0.29) is 35.8 Å². The summed E-state index contributed by atoms with van der Waals surface area (Å²) in [4.78, 5) is 23.8. The van der Waals surface area contributed by atoms with Crippen molar-refractivity contribution in [1.29, 1.82) is 0 Å². The van der Waals surface area contributed by atoms with E-state index in [1.165, 1.54) is 24.4 Å². The van der Waals surface area contributed by atoms with E-state index in [1.54, 1.807) is 23.1 Å². The number of nitrogens with zero attached hydrogens (tertiary/aromatic N) is 4. The summed E-state index contributed by atoms with van der Waals surface area (Å²) in [5.74, 6) is -3.39. The molecule has 0 spiro atoms. The fourth-order valence-corrected chi connectivity index (χ4v) is 5.86. The Kier molecular flexibility index (Phi) is 7.06. The van der Waals surface area contributed by atoms with Crippen molar-refractivity contribution in [3.63, 3.8) is 0 Å². The molecule has 4 heterocycles. The molecule has 0 unspecified atom stereocenters. The first-order valence-corrected chi connectivity index (χ1v) is 13.1. The molecule has 0 bridgehead atoms. The third-order valence-electron chi connectivity index (χ3n) is 7.96. The molecule has 3 aliphatic rings. The Labute approximate surface area is 216 Å². The van der Waals surface area contributed by atoms with E-state index in [2.05, 4.69) is 27.0 Å². The Morgan fingerprint density at radius 3 is 2.68 bits per heavy atom. The van der Waals surface area contributed by atoms with Gasteiger partial charge in [-0.15, -0.1) is 0 Å². The third kappa shape index (κ3) is 5.26. The highest BCUT2D eigenvalue weighted by Gasteiger charge is 2.43. The van der Waals surface area contributed by atoms with Gasteiger partial charge in [-0.1, -0.05) is 44.2 Å². The predicted octanol–water partition coefficient (Wildman–Crippen LogP) is 3.55. The van der Waals surface area contributed by atoms with Crippen LogP contribution in [0.5, 0.6) is 0 Å². The summed E-state index contributed by atoms with van der Waals surface area (Å²) in [5, 5.41) is 3.48. The van der Waals surface area contributed by atoms with Gasteiger partial charge in [0.25, 0.3) is 0 Å². The fraction of sp³-hybridized carbons (Fsp3) is 0.571. The number of hydrogen-bond acceptors (Lipinski definition) is 5. The van der Waals surface area contributed by atoms with Crippen molar-refractivity contribution in [2.24, 2.45) is 0 Å². The average molecular weight is 516 g/mol. The highest BCUT2D eigenvalue weighted by atomic mass is 19.3. The number of hydrogen-bond donors (Lipinski definition) is 1. The molecule has 5 rings (SSSR count). The van der Waals surface area contributed by atoms with Crippen LogP contribution < -0.4 is 10.2 Å². The molecule has 1 aromatic carbocycles. The molecule has 6 nitrogen and oxygen atoms in total. The lowest BCUT2D eigenvalue weighted by atomic mass is 9.88. The van der Waals surface area contributed by atoms with Gasteiger partial charge in [0.1, 0.15) is 11.9 Å². The molecular weight excluding hydrogens is 479 g/mol. The zero-order chi connectivity index (χ0) is 26.4. The smallest absolute Gasteiger partial charge is 0.311 e. The standard InChI is InChI=1S/C28H36F3N5O/c1-19-14-35(22(12-32-19)16-34-10-9-21(29)15-34)17-26(37)36-18-27(2,3)23-13-33-25(11-24(23)36)28(30,31)20-7-5-4-6-8-20/h4-8,11,13,19,21-22,32H,9-10,12,14-18H2,1-3H3/t19-,21-,22-/m1/s1. The van der Waals surface area contributed by atoms with Gasteiger partial charge in [0.2, 0.25) is 5.91 Å². The van der Waals surface area contributed by atoms with Crippen molar-refractivity contribution >= 4 is 11.6 Å². The lowest BCUT2D eigenvalue weighted by Crippen LogP contribution is -2.60. The molecule has 3 atom stereocenters. The van der Waals surface area contributed by atoms with Gasteiger partial charge in [-0.25, -0.2) is 4.39 Å². The van der Waals surface area contributed by atoms with E-state index >= 15 is 8.78 Å². The number of likely N-dealkylation sites (tertiary alicyclic amines) is 1. The number of amides is 1. The molecule has 37 heavy (non-hydrogen) atoms. The summed E-state index contributed by atoms with van der Waals surface area (Å²) in [5.41, 5.74) is 0.407. The van der Waals surface area contributed by atoms with Crippen molar-refractivity contribution in [3.8, 4) is 0 Å². The van der Waals surface area contributed by atoms with Gasteiger partial charge in [0.05, 0.1) is 12.2 Å². The highest BCUT2D eigenvalue weighted by molar-refractivity contribution is 5.97. The lowest BCUT2D eigenvalue weighted by Gasteiger charge is -2.41. The van der Waals surface area contributed by atoms with Crippen LogP contribution in [0.15, 0.2) is 42.6 Å². The molecule has 0 radical (unpaired) electrons. The van der Waals surface area contributed by atoms with Gasteiger partial charge in [-0.3, -0.25) is 19.6 Å². The van der Waals surface area contributed by atoms with Crippen molar-refractivity contribution in [1.82, 2.24) is 20.1 Å². The van der Waals surface area contributed by atoms with Gasteiger partial charge >= 0.3 is 5.92 Å². The summed E-state index contributed by atoms with van der Waals surface area (Å²) in [6.07, 6.45) is 1.27. The van der Waals surface area contributed by atoms with Crippen LogP contribution >= 0.6 is 0 Å². The van der Waals surface area contributed by atoms with Crippen LogP contribution in [0.1, 0.15) is 44.0 Å².